The second-order valence-corrected chi connectivity index (χ2v) is 13.1. The van der Waals surface area contributed by atoms with Crippen LogP contribution in [0.2, 0.25) is 0 Å². The Morgan fingerprint density at radius 1 is 1.10 bits per heavy atom. The van der Waals surface area contributed by atoms with Gasteiger partial charge in [0, 0.05) is 6.42 Å². The molecule has 1 unspecified atom stereocenters. The summed E-state index contributed by atoms with van der Waals surface area (Å²) in [5.74, 6) is 0.461. The zero-order valence-electron chi connectivity index (χ0n) is 30.5. The first-order chi connectivity index (χ1) is 23.7. The largest absolute Gasteiger partial charge is 0.490 e. The number of amides is 1. The Balaban J connectivity index is 0.00000109. The van der Waals surface area contributed by atoms with E-state index in [-0.39, 0.29) is 24.4 Å². The maximum atomic E-state index is 13.4. The normalized spacial score (nSPS) is 18.4. The van der Waals surface area contributed by atoms with Crippen molar-refractivity contribution in [1.82, 2.24) is 4.90 Å². The molecule has 2 aliphatic carbocycles. The average Bonchev–Trinajstić information content (AvgIpc) is 3.31. The number of carboxylic acids is 1. The van der Waals surface area contributed by atoms with Crippen molar-refractivity contribution >= 4 is 23.6 Å². The average molecular weight is 696 g/mol. The lowest BCUT2D eigenvalue weighted by molar-refractivity contribution is -0.141. The summed E-state index contributed by atoms with van der Waals surface area (Å²) in [4.78, 5) is 25.9. The number of nitrogens with zero attached hydrogens (tertiary/aromatic N) is 1. The van der Waals surface area contributed by atoms with Crippen molar-refractivity contribution in [2.45, 2.75) is 112 Å². The van der Waals surface area contributed by atoms with Crippen molar-refractivity contribution in [1.29, 1.82) is 0 Å². The van der Waals surface area contributed by atoms with Gasteiger partial charge in [-0.05, 0) is 98.9 Å². The van der Waals surface area contributed by atoms with Crippen LogP contribution >= 0.6 is 11.8 Å². The molecule has 3 aliphatic rings. The Labute approximate surface area is 298 Å². The highest BCUT2D eigenvalue weighted by atomic mass is 32.2. The number of rotatable bonds is 14. The lowest BCUT2D eigenvalue weighted by atomic mass is 9.82. The summed E-state index contributed by atoms with van der Waals surface area (Å²) in [5, 5.41) is 9.14. The van der Waals surface area contributed by atoms with E-state index in [1.807, 2.05) is 45.1 Å². The van der Waals surface area contributed by atoms with Crippen LogP contribution in [0.1, 0.15) is 105 Å². The predicted octanol–water partition coefficient (Wildman–Crippen LogP) is 10.7. The van der Waals surface area contributed by atoms with Gasteiger partial charge in [-0.2, -0.15) is 0 Å². The fourth-order valence-corrected chi connectivity index (χ4v) is 6.73. The Kier molecular flexibility index (Phi) is 20.2. The lowest BCUT2D eigenvalue weighted by Gasteiger charge is -2.32. The molecule has 0 bridgehead atoms. The van der Waals surface area contributed by atoms with E-state index in [9.17, 15) is 14.0 Å². The van der Waals surface area contributed by atoms with Crippen molar-refractivity contribution in [3.63, 3.8) is 0 Å². The molecule has 1 aliphatic heterocycles. The van der Waals surface area contributed by atoms with Gasteiger partial charge in [0.1, 0.15) is 18.5 Å². The fourth-order valence-electron chi connectivity index (χ4n) is 5.75. The molecule has 1 aromatic rings. The molecule has 1 aromatic carbocycles. The molecular weight excluding hydrogens is 638 g/mol. The number of thioether (sulfide) groups is 1. The van der Waals surface area contributed by atoms with Gasteiger partial charge in [-0.15, -0.1) is 0 Å². The van der Waals surface area contributed by atoms with E-state index in [0.29, 0.717) is 47.7 Å². The number of carboxylic acid groups (broad SMARTS) is 1. The number of halogens is 1. The van der Waals surface area contributed by atoms with Crippen LogP contribution < -0.4 is 0 Å². The predicted molar refractivity (Wildman–Crippen MR) is 201 cm³/mol. The van der Waals surface area contributed by atoms with Crippen molar-refractivity contribution < 1.29 is 28.6 Å². The van der Waals surface area contributed by atoms with Crippen LogP contribution in [0.3, 0.4) is 0 Å². The standard InChI is InChI=1S/C34H42FNO5S.C5H10.C2H6/c1-3-4-9-24(2)33(27-11-6-5-7-12-27)41-30-20-26(21-31-34(39)36(23-42-31)22-32(37)38)10-8-13-29(30)40-19-18-25-14-16-28(35)17-15-25;1-3-5-4-2;1-2/h9-10,13-17,20-21,27,33H,3-8,11-12,18-19,22-23H2,1-2H3,(H,37,38);3,5H,4H2,1-2H3;1-2H3/b24-9+,31-21-;5-3-;. The number of aliphatic carboxylic acids is 1. The second-order valence-electron chi connectivity index (χ2n) is 12.1. The van der Waals surface area contributed by atoms with Crippen LogP contribution in [0.5, 0.6) is 0 Å². The third-order valence-electron chi connectivity index (χ3n) is 8.26. The minimum Gasteiger partial charge on any atom is -0.490 e. The highest BCUT2D eigenvalue weighted by Gasteiger charge is 2.30. The van der Waals surface area contributed by atoms with E-state index < -0.39 is 5.97 Å². The number of carbonyl (C=O) groups excluding carboxylic acids is 1. The zero-order valence-corrected chi connectivity index (χ0v) is 31.3. The molecule has 1 amide bonds. The molecule has 270 valence electrons. The lowest BCUT2D eigenvalue weighted by Crippen LogP contribution is -2.30. The summed E-state index contributed by atoms with van der Waals surface area (Å²) < 4.78 is 26.6. The number of allylic oxidation sites excluding steroid dienone is 8. The van der Waals surface area contributed by atoms with Gasteiger partial charge < -0.3 is 19.5 Å². The quantitative estimate of drug-likeness (QED) is 0.154. The summed E-state index contributed by atoms with van der Waals surface area (Å²) >= 11 is 1.35. The molecule has 0 radical (unpaired) electrons. The molecule has 4 rings (SSSR count). The number of hydrogen-bond acceptors (Lipinski definition) is 5. The smallest absolute Gasteiger partial charge is 0.323 e. The third-order valence-corrected chi connectivity index (χ3v) is 9.31. The summed E-state index contributed by atoms with van der Waals surface area (Å²) in [7, 11) is 0. The van der Waals surface area contributed by atoms with Crippen LogP contribution in [0.15, 0.2) is 94.4 Å². The number of carbonyl (C=O) groups is 2. The Morgan fingerprint density at radius 2 is 1.82 bits per heavy atom. The molecule has 0 aromatic heterocycles. The highest BCUT2D eigenvalue weighted by molar-refractivity contribution is 8.04. The Bertz CT molecular complexity index is 1350. The first kappa shape index (κ1) is 41.7. The SMILES string of the molecule is C/C=C\CC.CC.CCC/C=C(\C)C(OC1=CC(/C=C2\SCN(CC(=O)O)C2=O)=CCC=C1OCCc1ccc(F)cc1)C1CCCCC1. The number of unbranched alkanes of at least 4 members (excludes halogenated alkanes) is 1. The van der Waals surface area contributed by atoms with E-state index in [0.717, 1.165) is 43.2 Å². The van der Waals surface area contributed by atoms with Gasteiger partial charge in [-0.3, -0.25) is 9.59 Å². The van der Waals surface area contributed by atoms with E-state index in [4.69, 9.17) is 14.6 Å². The maximum absolute atomic E-state index is 13.4. The minimum absolute atomic E-state index is 0.0762. The monoisotopic (exact) mass is 695 g/mol. The van der Waals surface area contributed by atoms with Crippen molar-refractivity contribution in [2.75, 3.05) is 19.0 Å². The van der Waals surface area contributed by atoms with Gasteiger partial charge in [-0.1, -0.05) is 102 Å². The van der Waals surface area contributed by atoms with Crippen LogP contribution in [0, 0.1) is 11.7 Å². The second kappa shape index (κ2) is 23.8. The van der Waals surface area contributed by atoms with Gasteiger partial charge in [0.05, 0.1) is 17.4 Å². The Morgan fingerprint density at radius 3 is 2.43 bits per heavy atom. The molecule has 2 fully saturated rings. The molecule has 0 spiro atoms. The fraction of sp³-hybridized carbons (Fsp3) is 0.512. The van der Waals surface area contributed by atoms with Gasteiger partial charge in [0.25, 0.3) is 5.91 Å². The van der Waals surface area contributed by atoms with Crippen LogP contribution in [0.25, 0.3) is 0 Å². The van der Waals surface area contributed by atoms with Gasteiger partial charge >= 0.3 is 5.97 Å². The molecule has 1 heterocycles. The maximum Gasteiger partial charge on any atom is 0.323 e. The topological polar surface area (TPSA) is 76.1 Å². The van der Waals surface area contributed by atoms with Gasteiger partial charge in [0.15, 0.2) is 11.5 Å². The molecular formula is C41H58FNO5S. The van der Waals surface area contributed by atoms with Crippen LogP contribution in [-0.4, -0.2) is 47.0 Å². The van der Waals surface area contributed by atoms with Crippen LogP contribution in [-0.2, 0) is 25.5 Å². The number of hydrogen-bond donors (Lipinski definition) is 1. The number of ether oxygens (including phenoxy) is 2. The van der Waals surface area contributed by atoms with E-state index in [1.165, 1.54) is 53.6 Å². The molecule has 1 saturated heterocycles. The summed E-state index contributed by atoms with van der Waals surface area (Å²) in [6.07, 6.45) is 24.5. The summed E-state index contributed by atoms with van der Waals surface area (Å²) in [6.45, 7) is 12.6. The van der Waals surface area contributed by atoms with E-state index in [1.54, 1.807) is 12.1 Å². The van der Waals surface area contributed by atoms with Gasteiger partial charge in [0.2, 0.25) is 0 Å². The Hall–Kier alpha value is -3.52. The third kappa shape index (κ3) is 14.9. The van der Waals surface area contributed by atoms with Crippen molar-refractivity contribution in [3.05, 3.63) is 106 Å². The molecule has 6 nitrogen and oxygen atoms in total. The zero-order chi connectivity index (χ0) is 36.0. The summed E-state index contributed by atoms with van der Waals surface area (Å²) in [6, 6.07) is 6.45. The van der Waals surface area contributed by atoms with Crippen LogP contribution in [0.4, 0.5) is 4.39 Å². The molecule has 1 saturated carbocycles. The molecule has 49 heavy (non-hydrogen) atoms. The van der Waals surface area contributed by atoms with E-state index >= 15 is 0 Å². The molecule has 8 heteroatoms. The first-order valence-corrected chi connectivity index (χ1v) is 19.0. The summed E-state index contributed by atoms with van der Waals surface area (Å²) in [5.41, 5.74) is 3.04. The van der Waals surface area contributed by atoms with E-state index in [2.05, 4.69) is 39.0 Å². The highest BCUT2D eigenvalue weighted by Crippen LogP contribution is 2.36. The van der Waals surface area contributed by atoms with Gasteiger partial charge in [-0.25, -0.2) is 4.39 Å². The van der Waals surface area contributed by atoms with Crippen molar-refractivity contribution in [2.24, 2.45) is 5.92 Å². The molecule has 1 N–H and O–H groups in total. The number of benzene rings is 1. The van der Waals surface area contributed by atoms with Crippen molar-refractivity contribution in [3.8, 4) is 0 Å². The minimum atomic E-state index is -1.03. The molecule has 1 atom stereocenters. The first-order valence-electron chi connectivity index (χ1n) is 18.0.